The van der Waals surface area contributed by atoms with Gasteiger partial charge in [-0.15, -0.1) is 0 Å². The molecule has 1 rings (SSSR count). The maximum Gasteiger partial charge on any atom is 0.347 e. The molecule has 0 bridgehead atoms. The SMILES string of the molecule is CCOC(=O)[C@@H](C)Oc1ccc(NC(=O)C(Cl)(Cl)Cl)cc1. The van der Waals surface area contributed by atoms with E-state index >= 15 is 0 Å². The monoisotopic (exact) mass is 353 g/mol. The Morgan fingerprint density at radius 1 is 1.24 bits per heavy atom. The third kappa shape index (κ3) is 5.99. The second-order valence-corrected chi connectivity index (χ2v) is 6.27. The lowest BCUT2D eigenvalue weighted by Crippen LogP contribution is -2.27. The van der Waals surface area contributed by atoms with Crippen LogP contribution in [0.2, 0.25) is 0 Å². The summed E-state index contributed by atoms with van der Waals surface area (Å²) in [6.45, 7) is 3.58. The molecular weight excluding hydrogens is 341 g/mol. The largest absolute Gasteiger partial charge is 0.479 e. The number of benzene rings is 1. The summed E-state index contributed by atoms with van der Waals surface area (Å²) < 4.78 is 8.18. The molecular formula is C13H14Cl3NO4. The smallest absolute Gasteiger partial charge is 0.347 e. The van der Waals surface area contributed by atoms with Gasteiger partial charge >= 0.3 is 5.97 Å². The number of nitrogens with one attached hydrogen (secondary N) is 1. The van der Waals surface area contributed by atoms with Crippen molar-refractivity contribution >= 4 is 52.4 Å². The third-order valence-corrected chi connectivity index (χ3v) is 2.82. The lowest BCUT2D eigenvalue weighted by molar-refractivity contribution is -0.150. The first-order valence-corrected chi connectivity index (χ1v) is 7.19. The molecule has 116 valence electrons. The zero-order chi connectivity index (χ0) is 16.0. The highest BCUT2D eigenvalue weighted by atomic mass is 35.6. The Morgan fingerprint density at radius 3 is 2.29 bits per heavy atom. The van der Waals surface area contributed by atoms with E-state index in [1.807, 2.05) is 0 Å². The molecule has 0 spiro atoms. The predicted octanol–water partition coefficient (Wildman–Crippen LogP) is 3.33. The molecule has 0 radical (unpaired) electrons. The Kier molecular flexibility index (Phi) is 6.58. The van der Waals surface area contributed by atoms with Gasteiger partial charge in [0.05, 0.1) is 6.61 Å². The molecule has 1 aromatic rings. The molecule has 5 nitrogen and oxygen atoms in total. The van der Waals surface area contributed by atoms with E-state index in [4.69, 9.17) is 44.3 Å². The van der Waals surface area contributed by atoms with Crippen molar-refractivity contribution in [3.05, 3.63) is 24.3 Å². The second-order valence-electron chi connectivity index (χ2n) is 3.99. The van der Waals surface area contributed by atoms with E-state index < -0.39 is 21.8 Å². The fourth-order valence-electron chi connectivity index (χ4n) is 1.33. The van der Waals surface area contributed by atoms with Crippen LogP contribution in [0.25, 0.3) is 0 Å². The van der Waals surface area contributed by atoms with Gasteiger partial charge in [-0.2, -0.15) is 0 Å². The molecule has 0 aliphatic heterocycles. The van der Waals surface area contributed by atoms with Crippen LogP contribution < -0.4 is 10.1 Å². The summed E-state index contributed by atoms with van der Waals surface area (Å²) in [4.78, 5) is 22.9. The molecule has 0 aliphatic carbocycles. The van der Waals surface area contributed by atoms with Gasteiger partial charge in [0.15, 0.2) is 6.10 Å². The number of rotatable bonds is 5. The van der Waals surface area contributed by atoms with E-state index in [1.165, 1.54) is 0 Å². The van der Waals surface area contributed by atoms with Crippen LogP contribution >= 0.6 is 34.8 Å². The van der Waals surface area contributed by atoms with Gasteiger partial charge in [-0.1, -0.05) is 34.8 Å². The summed E-state index contributed by atoms with van der Waals surface area (Å²) in [6.07, 6.45) is -0.730. The van der Waals surface area contributed by atoms with Crippen molar-refractivity contribution < 1.29 is 19.1 Å². The molecule has 8 heteroatoms. The fourth-order valence-corrected chi connectivity index (χ4v) is 1.47. The lowest BCUT2D eigenvalue weighted by atomic mass is 10.3. The Balaban J connectivity index is 2.62. The topological polar surface area (TPSA) is 64.6 Å². The summed E-state index contributed by atoms with van der Waals surface area (Å²) in [5.41, 5.74) is 0.433. The first kappa shape index (κ1) is 17.9. The second kappa shape index (κ2) is 7.73. The number of esters is 1. The van der Waals surface area contributed by atoms with Crippen LogP contribution in [-0.4, -0.2) is 28.4 Å². The van der Waals surface area contributed by atoms with Gasteiger partial charge < -0.3 is 14.8 Å². The van der Waals surface area contributed by atoms with Crippen molar-refractivity contribution in [1.29, 1.82) is 0 Å². The standard InChI is InChI=1S/C13H14Cl3NO4/c1-3-20-11(18)8(2)21-10-6-4-9(5-7-10)17-12(19)13(14,15)16/h4-8H,3H2,1-2H3,(H,17,19)/t8-/m1/s1. The number of anilines is 1. The highest BCUT2D eigenvalue weighted by molar-refractivity contribution is 6.76. The van der Waals surface area contributed by atoms with Crippen molar-refractivity contribution in [3.63, 3.8) is 0 Å². The minimum absolute atomic E-state index is 0.286. The van der Waals surface area contributed by atoms with E-state index in [1.54, 1.807) is 38.1 Å². The Morgan fingerprint density at radius 2 is 1.81 bits per heavy atom. The minimum atomic E-state index is -2.03. The average molecular weight is 355 g/mol. The highest BCUT2D eigenvalue weighted by Gasteiger charge is 2.30. The summed E-state index contributed by atoms with van der Waals surface area (Å²) in [5.74, 6) is -0.769. The first-order chi connectivity index (χ1) is 9.74. The van der Waals surface area contributed by atoms with Crippen molar-refractivity contribution in [2.24, 2.45) is 0 Å². The number of alkyl halides is 3. The Bertz CT molecular complexity index is 499. The van der Waals surface area contributed by atoms with Crippen LogP contribution in [0.3, 0.4) is 0 Å². The number of halogens is 3. The van der Waals surface area contributed by atoms with E-state index in [0.717, 1.165) is 0 Å². The summed E-state index contributed by atoms with van der Waals surface area (Å²) in [7, 11) is 0. The van der Waals surface area contributed by atoms with Crippen molar-refractivity contribution in [2.75, 3.05) is 11.9 Å². The zero-order valence-electron chi connectivity index (χ0n) is 11.4. The molecule has 0 unspecified atom stereocenters. The molecule has 0 aromatic heterocycles. The van der Waals surface area contributed by atoms with Crippen LogP contribution in [0, 0.1) is 0 Å². The van der Waals surface area contributed by atoms with Gasteiger partial charge in [0.25, 0.3) is 9.70 Å². The van der Waals surface area contributed by atoms with E-state index in [9.17, 15) is 9.59 Å². The van der Waals surface area contributed by atoms with Crippen molar-refractivity contribution in [3.8, 4) is 5.75 Å². The predicted molar refractivity (Wildman–Crippen MR) is 82.1 cm³/mol. The van der Waals surface area contributed by atoms with Crippen molar-refractivity contribution in [1.82, 2.24) is 0 Å². The van der Waals surface area contributed by atoms with E-state index in [2.05, 4.69) is 5.32 Å². The molecule has 0 fully saturated rings. The molecule has 1 aromatic carbocycles. The van der Waals surface area contributed by atoms with Gasteiger partial charge in [-0.3, -0.25) is 4.79 Å². The number of ether oxygens (including phenoxy) is 2. The van der Waals surface area contributed by atoms with Crippen LogP contribution in [0.15, 0.2) is 24.3 Å². The minimum Gasteiger partial charge on any atom is -0.479 e. The van der Waals surface area contributed by atoms with Gasteiger partial charge in [-0.25, -0.2) is 4.79 Å². The fraction of sp³-hybridized carbons (Fsp3) is 0.385. The third-order valence-electron chi connectivity index (χ3n) is 2.30. The highest BCUT2D eigenvalue weighted by Crippen LogP contribution is 2.28. The maximum absolute atomic E-state index is 11.5. The summed E-state index contributed by atoms with van der Waals surface area (Å²) in [5, 5.41) is 2.42. The van der Waals surface area contributed by atoms with E-state index in [0.29, 0.717) is 11.4 Å². The van der Waals surface area contributed by atoms with Gasteiger partial charge in [0, 0.05) is 5.69 Å². The molecule has 1 amide bonds. The molecule has 1 atom stereocenters. The van der Waals surface area contributed by atoms with Gasteiger partial charge in [0.2, 0.25) is 0 Å². The molecule has 0 saturated heterocycles. The number of hydrogen-bond acceptors (Lipinski definition) is 4. The van der Waals surface area contributed by atoms with Gasteiger partial charge in [-0.05, 0) is 38.1 Å². The molecule has 21 heavy (non-hydrogen) atoms. The van der Waals surface area contributed by atoms with Crippen LogP contribution in [0.4, 0.5) is 5.69 Å². The number of hydrogen-bond donors (Lipinski definition) is 1. The zero-order valence-corrected chi connectivity index (χ0v) is 13.6. The molecule has 0 heterocycles. The Labute approximate surface area is 137 Å². The lowest BCUT2D eigenvalue weighted by Gasteiger charge is -2.14. The molecule has 1 N–H and O–H groups in total. The first-order valence-electron chi connectivity index (χ1n) is 6.05. The number of amides is 1. The maximum atomic E-state index is 11.5. The van der Waals surface area contributed by atoms with Gasteiger partial charge in [0.1, 0.15) is 5.75 Å². The number of carbonyl (C=O) groups is 2. The van der Waals surface area contributed by atoms with Crippen LogP contribution in [-0.2, 0) is 14.3 Å². The molecule has 0 saturated carbocycles. The average Bonchev–Trinajstić information content (AvgIpc) is 2.40. The quantitative estimate of drug-likeness (QED) is 0.651. The Hall–Kier alpha value is -1.17. The van der Waals surface area contributed by atoms with Crippen LogP contribution in [0.5, 0.6) is 5.75 Å². The van der Waals surface area contributed by atoms with E-state index in [-0.39, 0.29) is 6.61 Å². The summed E-state index contributed by atoms with van der Waals surface area (Å²) in [6, 6.07) is 6.26. The number of carbonyl (C=O) groups excluding carboxylic acids is 2. The summed E-state index contributed by atoms with van der Waals surface area (Å²) >= 11 is 16.3. The van der Waals surface area contributed by atoms with Crippen LogP contribution in [0.1, 0.15) is 13.8 Å². The molecule has 0 aliphatic rings. The normalized spacial score (nSPS) is 12.4. The van der Waals surface area contributed by atoms with Crippen molar-refractivity contribution in [2.45, 2.75) is 23.7 Å².